The standard InChI is InChI=1S/C17H29ClN2/c1-5-9-16(20(7-3)8-4)17(19,6-2)14-10-12-15(18)13-11-14/h10-13,16H,5-9,19H2,1-4H3. The second-order valence-corrected chi connectivity index (χ2v) is 5.86. The molecule has 0 aliphatic rings. The van der Waals surface area contributed by atoms with Gasteiger partial charge in [0.1, 0.15) is 0 Å². The number of hydrogen-bond acceptors (Lipinski definition) is 2. The minimum Gasteiger partial charge on any atom is -0.320 e. The van der Waals surface area contributed by atoms with Crippen LogP contribution in [0.5, 0.6) is 0 Å². The first-order chi connectivity index (χ1) is 9.53. The molecule has 0 aliphatic heterocycles. The Kier molecular flexibility index (Phi) is 7.01. The third-order valence-electron chi connectivity index (χ3n) is 4.38. The highest BCUT2D eigenvalue weighted by molar-refractivity contribution is 6.30. The highest BCUT2D eigenvalue weighted by atomic mass is 35.5. The fourth-order valence-corrected chi connectivity index (χ4v) is 3.22. The van der Waals surface area contributed by atoms with Crippen molar-refractivity contribution < 1.29 is 0 Å². The van der Waals surface area contributed by atoms with Gasteiger partial charge < -0.3 is 5.73 Å². The monoisotopic (exact) mass is 296 g/mol. The SMILES string of the molecule is CCCC(N(CC)CC)C(N)(CC)c1ccc(Cl)cc1. The van der Waals surface area contributed by atoms with Gasteiger partial charge in [-0.3, -0.25) is 4.90 Å². The van der Waals surface area contributed by atoms with Crippen LogP contribution in [0.2, 0.25) is 5.02 Å². The van der Waals surface area contributed by atoms with Crippen LogP contribution in [0.1, 0.15) is 52.5 Å². The van der Waals surface area contributed by atoms with Crippen LogP contribution in [0, 0.1) is 0 Å². The summed E-state index contributed by atoms with van der Waals surface area (Å²) in [6.45, 7) is 10.9. The molecular formula is C17H29ClN2. The van der Waals surface area contributed by atoms with E-state index in [4.69, 9.17) is 17.3 Å². The van der Waals surface area contributed by atoms with E-state index in [0.29, 0.717) is 6.04 Å². The number of nitrogens with zero attached hydrogens (tertiary/aromatic N) is 1. The van der Waals surface area contributed by atoms with E-state index >= 15 is 0 Å². The number of rotatable bonds is 8. The van der Waals surface area contributed by atoms with Gasteiger partial charge >= 0.3 is 0 Å². The second kappa shape index (κ2) is 8.02. The second-order valence-electron chi connectivity index (χ2n) is 5.43. The smallest absolute Gasteiger partial charge is 0.0564 e. The maximum absolute atomic E-state index is 6.87. The van der Waals surface area contributed by atoms with E-state index in [1.807, 2.05) is 12.1 Å². The molecule has 0 fully saturated rings. The third-order valence-corrected chi connectivity index (χ3v) is 4.63. The molecule has 3 heteroatoms. The number of nitrogens with two attached hydrogens (primary N) is 1. The zero-order valence-corrected chi connectivity index (χ0v) is 14.1. The average Bonchev–Trinajstić information content (AvgIpc) is 2.47. The molecule has 1 aromatic carbocycles. The van der Waals surface area contributed by atoms with E-state index in [2.05, 4.69) is 44.7 Å². The van der Waals surface area contributed by atoms with Gasteiger partial charge in [0, 0.05) is 11.1 Å². The Morgan fingerprint density at radius 1 is 1.10 bits per heavy atom. The lowest BCUT2D eigenvalue weighted by molar-refractivity contribution is 0.116. The molecule has 0 radical (unpaired) electrons. The van der Waals surface area contributed by atoms with E-state index < -0.39 is 0 Å². The van der Waals surface area contributed by atoms with Crippen LogP contribution in [0.15, 0.2) is 24.3 Å². The van der Waals surface area contributed by atoms with Crippen molar-refractivity contribution >= 4 is 11.6 Å². The highest BCUT2D eigenvalue weighted by Gasteiger charge is 2.37. The average molecular weight is 297 g/mol. The molecular weight excluding hydrogens is 268 g/mol. The summed E-state index contributed by atoms with van der Waals surface area (Å²) in [5.74, 6) is 0. The number of halogens is 1. The number of benzene rings is 1. The first-order valence-corrected chi connectivity index (χ1v) is 8.20. The molecule has 1 rings (SSSR count). The van der Waals surface area contributed by atoms with E-state index in [1.165, 1.54) is 5.56 Å². The van der Waals surface area contributed by atoms with E-state index in [-0.39, 0.29) is 5.54 Å². The van der Waals surface area contributed by atoms with Crippen molar-refractivity contribution in [2.24, 2.45) is 5.73 Å². The lowest BCUT2D eigenvalue weighted by atomic mass is 9.78. The Labute approximate surface area is 129 Å². The van der Waals surface area contributed by atoms with Gasteiger partial charge in [-0.05, 0) is 43.6 Å². The highest BCUT2D eigenvalue weighted by Crippen LogP contribution is 2.32. The summed E-state index contributed by atoms with van der Waals surface area (Å²) in [7, 11) is 0. The van der Waals surface area contributed by atoms with Crippen LogP contribution in [0.3, 0.4) is 0 Å². The largest absolute Gasteiger partial charge is 0.320 e. The Morgan fingerprint density at radius 3 is 2.05 bits per heavy atom. The van der Waals surface area contributed by atoms with Gasteiger partial charge in [0.15, 0.2) is 0 Å². The van der Waals surface area contributed by atoms with Crippen molar-refractivity contribution in [1.29, 1.82) is 0 Å². The van der Waals surface area contributed by atoms with Gasteiger partial charge in [-0.2, -0.15) is 0 Å². The molecule has 0 heterocycles. The van der Waals surface area contributed by atoms with Gasteiger partial charge in [-0.1, -0.05) is 57.8 Å². The number of likely N-dealkylation sites (N-methyl/N-ethyl adjacent to an activating group) is 1. The van der Waals surface area contributed by atoms with Gasteiger partial charge in [0.2, 0.25) is 0 Å². The summed E-state index contributed by atoms with van der Waals surface area (Å²) in [6, 6.07) is 8.42. The topological polar surface area (TPSA) is 29.3 Å². The number of hydrogen-bond donors (Lipinski definition) is 1. The molecule has 2 atom stereocenters. The van der Waals surface area contributed by atoms with Crippen molar-refractivity contribution in [2.75, 3.05) is 13.1 Å². The fourth-order valence-electron chi connectivity index (χ4n) is 3.10. The van der Waals surface area contributed by atoms with Crippen LogP contribution in [0.4, 0.5) is 0 Å². The third kappa shape index (κ3) is 3.75. The van der Waals surface area contributed by atoms with Crippen LogP contribution in [-0.4, -0.2) is 24.0 Å². The van der Waals surface area contributed by atoms with Crippen LogP contribution >= 0.6 is 11.6 Å². The Hall–Kier alpha value is -0.570. The molecule has 0 aromatic heterocycles. The molecule has 114 valence electrons. The van der Waals surface area contributed by atoms with Crippen molar-refractivity contribution in [3.05, 3.63) is 34.9 Å². The predicted octanol–water partition coefficient (Wildman–Crippen LogP) is 4.41. The first-order valence-electron chi connectivity index (χ1n) is 7.82. The molecule has 0 saturated heterocycles. The van der Waals surface area contributed by atoms with E-state index in [9.17, 15) is 0 Å². The molecule has 2 nitrogen and oxygen atoms in total. The van der Waals surface area contributed by atoms with Crippen molar-refractivity contribution in [3.63, 3.8) is 0 Å². The Morgan fingerprint density at radius 2 is 1.65 bits per heavy atom. The van der Waals surface area contributed by atoms with Crippen molar-refractivity contribution in [1.82, 2.24) is 4.90 Å². The normalized spacial score (nSPS) is 16.1. The van der Waals surface area contributed by atoms with Gasteiger partial charge in [0.25, 0.3) is 0 Å². The summed E-state index contributed by atoms with van der Waals surface area (Å²) in [5, 5.41) is 0.766. The summed E-state index contributed by atoms with van der Waals surface area (Å²) in [6.07, 6.45) is 3.19. The minimum absolute atomic E-state index is 0.313. The quantitative estimate of drug-likeness (QED) is 0.770. The zero-order valence-electron chi connectivity index (χ0n) is 13.3. The maximum Gasteiger partial charge on any atom is 0.0564 e. The van der Waals surface area contributed by atoms with Gasteiger partial charge in [-0.15, -0.1) is 0 Å². The zero-order chi connectivity index (χ0) is 15.2. The van der Waals surface area contributed by atoms with E-state index in [1.54, 1.807) is 0 Å². The Balaban J connectivity index is 3.18. The lowest BCUT2D eigenvalue weighted by Gasteiger charge is -2.43. The molecule has 0 aliphatic carbocycles. The molecule has 0 bridgehead atoms. The van der Waals surface area contributed by atoms with Crippen molar-refractivity contribution in [2.45, 2.75) is 58.5 Å². The molecule has 0 spiro atoms. The molecule has 20 heavy (non-hydrogen) atoms. The van der Waals surface area contributed by atoms with Crippen LogP contribution in [-0.2, 0) is 5.54 Å². The predicted molar refractivity (Wildman–Crippen MR) is 89.2 cm³/mol. The summed E-state index contributed by atoms with van der Waals surface area (Å²) in [4.78, 5) is 2.49. The molecule has 1 aromatic rings. The molecule has 0 amide bonds. The van der Waals surface area contributed by atoms with Crippen molar-refractivity contribution in [3.8, 4) is 0 Å². The first kappa shape index (κ1) is 17.5. The summed E-state index contributed by atoms with van der Waals surface area (Å²) < 4.78 is 0. The lowest BCUT2D eigenvalue weighted by Crippen LogP contribution is -2.55. The minimum atomic E-state index is -0.313. The van der Waals surface area contributed by atoms with Crippen LogP contribution < -0.4 is 5.73 Å². The molecule has 2 N–H and O–H groups in total. The molecule has 2 unspecified atom stereocenters. The summed E-state index contributed by atoms with van der Waals surface area (Å²) in [5.41, 5.74) is 7.74. The van der Waals surface area contributed by atoms with Gasteiger partial charge in [0.05, 0.1) is 5.54 Å². The van der Waals surface area contributed by atoms with Gasteiger partial charge in [-0.25, -0.2) is 0 Å². The maximum atomic E-state index is 6.87. The summed E-state index contributed by atoms with van der Waals surface area (Å²) >= 11 is 6.01. The van der Waals surface area contributed by atoms with E-state index in [0.717, 1.165) is 37.4 Å². The fraction of sp³-hybridized carbons (Fsp3) is 0.647. The molecule has 0 saturated carbocycles. The Bertz CT molecular complexity index is 386. The van der Waals surface area contributed by atoms with Crippen LogP contribution in [0.25, 0.3) is 0 Å².